The van der Waals surface area contributed by atoms with Gasteiger partial charge in [0.15, 0.2) is 0 Å². The molecule has 0 heterocycles. The van der Waals surface area contributed by atoms with Crippen molar-refractivity contribution in [2.24, 2.45) is 0 Å². The summed E-state index contributed by atoms with van der Waals surface area (Å²) in [5.74, 6) is -0.733. The van der Waals surface area contributed by atoms with Crippen molar-refractivity contribution in [3.63, 3.8) is 0 Å². The Morgan fingerprint density at radius 2 is 1.96 bits per heavy atom. The molecule has 4 heteroatoms. The number of nitriles is 1. The summed E-state index contributed by atoms with van der Waals surface area (Å²) in [5, 5.41) is 18.7. The van der Waals surface area contributed by atoms with E-state index in [4.69, 9.17) is 4.74 Å². The lowest BCUT2D eigenvalue weighted by molar-refractivity contribution is 0.0692. The van der Waals surface area contributed by atoms with Crippen LogP contribution in [0.2, 0.25) is 0 Å². The molecule has 23 heavy (non-hydrogen) atoms. The largest absolute Gasteiger partial charge is 0.493 e. The number of carboxylic acid groups (broad SMARTS) is 1. The van der Waals surface area contributed by atoms with Crippen LogP contribution in [0.15, 0.2) is 42.5 Å². The molecule has 0 bridgehead atoms. The summed E-state index contributed by atoms with van der Waals surface area (Å²) < 4.78 is 5.32. The standard InChI is InChI=1S/C19H17NO3/c1-3-23-18-9-6-14(11-17(18)19(21)22)10-16(12-20)15-7-4-13(2)5-8-15/h4-11H,3H2,1-2H3,(H,21,22)/b16-10+. The summed E-state index contributed by atoms with van der Waals surface area (Å²) >= 11 is 0. The molecule has 0 saturated heterocycles. The molecule has 0 aliphatic carbocycles. The third-order valence-electron chi connectivity index (χ3n) is 3.33. The van der Waals surface area contributed by atoms with Crippen molar-refractivity contribution >= 4 is 17.6 Å². The fraction of sp³-hybridized carbons (Fsp3) is 0.158. The van der Waals surface area contributed by atoms with Crippen LogP contribution in [0.5, 0.6) is 5.75 Å². The first-order chi connectivity index (χ1) is 11.0. The Morgan fingerprint density at radius 1 is 1.26 bits per heavy atom. The number of ether oxygens (including phenoxy) is 1. The normalized spacial score (nSPS) is 10.9. The van der Waals surface area contributed by atoms with Crippen molar-refractivity contribution in [2.45, 2.75) is 13.8 Å². The second-order valence-electron chi connectivity index (χ2n) is 5.03. The molecule has 0 fully saturated rings. The molecular formula is C19H17NO3. The zero-order valence-electron chi connectivity index (χ0n) is 13.0. The second-order valence-corrected chi connectivity index (χ2v) is 5.03. The van der Waals surface area contributed by atoms with E-state index in [-0.39, 0.29) is 5.56 Å². The van der Waals surface area contributed by atoms with E-state index in [0.717, 1.165) is 11.1 Å². The highest BCUT2D eigenvalue weighted by atomic mass is 16.5. The third-order valence-corrected chi connectivity index (χ3v) is 3.33. The van der Waals surface area contributed by atoms with E-state index in [1.54, 1.807) is 25.1 Å². The van der Waals surface area contributed by atoms with E-state index in [9.17, 15) is 15.2 Å². The lowest BCUT2D eigenvalue weighted by Gasteiger charge is -2.08. The SMILES string of the molecule is CCOc1ccc(/C=C(\C#N)c2ccc(C)cc2)cc1C(=O)O. The van der Waals surface area contributed by atoms with Gasteiger partial charge in [-0.2, -0.15) is 5.26 Å². The van der Waals surface area contributed by atoms with Gasteiger partial charge in [-0.15, -0.1) is 0 Å². The maximum Gasteiger partial charge on any atom is 0.339 e. The molecule has 0 aliphatic rings. The zero-order valence-corrected chi connectivity index (χ0v) is 13.0. The average Bonchev–Trinajstić information content (AvgIpc) is 2.54. The Hall–Kier alpha value is -3.06. The van der Waals surface area contributed by atoms with Crippen LogP contribution < -0.4 is 4.74 Å². The Labute approximate surface area is 135 Å². The molecule has 0 amide bonds. The summed E-state index contributed by atoms with van der Waals surface area (Å²) in [4.78, 5) is 11.3. The minimum atomic E-state index is -1.06. The van der Waals surface area contributed by atoms with Crippen LogP contribution in [0.25, 0.3) is 11.6 Å². The van der Waals surface area contributed by atoms with Gasteiger partial charge in [0, 0.05) is 0 Å². The molecule has 0 saturated carbocycles. The van der Waals surface area contributed by atoms with Crippen LogP contribution in [0.4, 0.5) is 0 Å². The van der Waals surface area contributed by atoms with Gasteiger partial charge in [-0.3, -0.25) is 0 Å². The van der Waals surface area contributed by atoms with Gasteiger partial charge in [0.2, 0.25) is 0 Å². The Kier molecular flexibility index (Phi) is 5.16. The van der Waals surface area contributed by atoms with Crippen molar-refractivity contribution in [2.75, 3.05) is 6.61 Å². The first-order valence-corrected chi connectivity index (χ1v) is 7.24. The van der Waals surface area contributed by atoms with Gasteiger partial charge in [0.25, 0.3) is 0 Å². The lowest BCUT2D eigenvalue weighted by Crippen LogP contribution is -2.03. The number of aryl methyl sites for hydroxylation is 1. The van der Waals surface area contributed by atoms with Crippen LogP contribution in [0.3, 0.4) is 0 Å². The molecule has 1 N–H and O–H groups in total. The number of carbonyl (C=O) groups is 1. The molecule has 0 aliphatic heterocycles. The van der Waals surface area contributed by atoms with Gasteiger partial charge in [0.1, 0.15) is 11.3 Å². The fourth-order valence-electron chi connectivity index (χ4n) is 2.17. The number of nitrogens with zero attached hydrogens (tertiary/aromatic N) is 1. The average molecular weight is 307 g/mol. The van der Waals surface area contributed by atoms with Crippen molar-refractivity contribution in [1.82, 2.24) is 0 Å². The quantitative estimate of drug-likeness (QED) is 0.665. The third kappa shape index (κ3) is 3.98. The number of carboxylic acids is 1. The maximum atomic E-state index is 11.3. The number of aromatic carboxylic acids is 1. The number of hydrogen-bond acceptors (Lipinski definition) is 3. The minimum absolute atomic E-state index is 0.0850. The van der Waals surface area contributed by atoms with Crippen LogP contribution in [0, 0.1) is 18.3 Å². The molecule has 2 aromatic rings. The summed E-state index contributed by atoms with van der Waals surface area (Å²) in [7, 11) is 0. The molecule has 4 nitrogen and oxygen atoms in total. The van der Waals surface area contributed by atoms with Crippen molar-refractivity contribution in [1.29, 1.82) is 5.26 Å². The van der Waals surface area contributed by atoms with E-state index < -0.39 is 5.97 Å². The van der Waals surface area contributed by atoms with Gasteiger partial charge in [-0.1, -0.05) is 35.9 Å². The zero-order chi connectivity index (χ0) is 16.8. The molecule has 0 radical (unpaired) electrons. The molecule has 2 aromatic carbocycles. The highest BCUT2D eigenvalue weighted by Gasteiger charge is 2.12. The van der Waals surface area contributed by atoms with Crippen LogP contribution in [-0.4, -0.2) is 17.7 Å². The van der Waals surface area contributed by atoms with Crippen LogP contribution in [0.1, 0.15) is 34.0 Å². The van der Waals surface area contributed by atoms with E-state index >= 15 is 0 Å². The molecule has 0 atom stereocenters. The highest BCUT2D eigenvalue weighted by molar-refractivity contribution is 5.94. The van der Waals surface area contributed by atoms with E-state index in [1.165, 1.54) is 6.07 Å². The van der Waals surface area contributed by atoms with Gasteiger partial charge in [-0.25, -0.2) is 4.79 Å². The summed E-state index contributed by atoms with van der Waals surface area (Å²) in [6.07, 6.45) is 1.67. The molecule has 0 spiro atoms. The van der Waals surface area contributed by atoms with Gasteiger partial charge < -0.3 is 9.84 Å². The van der Waals surface area contributed by atoms with Gasteiger partial charge >= 0.3 is 5.97 Å². The Bertz CT molecular complexity index is 783. The molecule has 0 unspecified atom stereocenters. The highest BCUT2D eigenvalue weighted by Crippen LogP contribution is 2.24. The van der Waals surface area contributed by atoms with Crippen LogP contribution in [-0.2, 0) is 0 Å². The molecular weight excluding hydrogens is 290 g/mol. The second kappa shape index (κ2) is 7.28. The van der Waals surface area contributed by atoms with E-state index in [0.29, 0.717) is 23.5 Å². The predicted octanol–water partition coefficient (Wildman–Crippen LogP) is 4.16. The number of hydrogen-bond donors (Lipinski definition) is 1. The lowest BCUT2D eigenvalue weighted by atomic mass is 10.0. The predicted molar refractivity (Wildman–Crippen MR) is 89.2 cm³/mol. The summed E-state index contributed by atoms with van der Waals surface area (Å²) in [6.45, 7) is 4.16. The van der Waals surface area contributed by atoms with Crippen LogP contribution >= 0.6 is 0 Å². The Morgan fingerprint density at radius 3 is 2.52 bits per heavy atom. The summed E-state index contributed by atoms with van der Waals surface area (Å²) in [6, 6.07) is 14.6. The molecule has 116 valence electrons. The summed E-state index contributed by atoms with van der Waals surface area (Å²) in [5.41, 5.74) is 3.11. The van der Waals surface area contributed by atoms with Crippen molar-refractivity contribution in [3.8, 4) is 11.8 Å². The van der Waals surface area contributed by atoms with Gasteiger partial charge in [0.05, 0.1) is 18.2 Å². The van der Waals surface area contributed by atoms with Crippen molar-refractivity contribution < 1.29 is 14.6 Å². The van der Waals surface area contributed by atoms with Gasteiger partial charge in [-0.05, 0) is 43.2 Å². The van der Waals surface area contributed by atoms with Crippen molar-refractivity contribution in [3.05, 3.63) is 64.7 Å². The van der Waals surface area contributed by atoms with E-state index in [1.807, 2.05) is 31.2 Å². The number of rotatable bonds is 5. The minimum Gasteiger partial charge on any atom is -0.493 e. The first kappa shape index (κ1) is 16.3. The first-order valence-electron chi connectivity index (χ1n) is 7.24. The van der Waals surface area contributed by atoms with E-state index in [2.05, 4.69) is 6.07 Å². The monoisotopic (exact) mass is 307 g/mol. The molecule has 2 rings (SSSR count). The fourth-order valence-corrected chi connectivity index (χ4v) is 2.17. The number of allylic oxidation sites excluding steroid dienone is 1. The molecule has 0 aromatic heterocycles. The number of benzene rings is 2. The smallest absolute Gasteiger partial charge is 0.339 e. The maximum absolute atomic E-state index is 11.3. The Balaban J connectivity index is 2.44. The topological polar surface area (TPSA) is 70.3 Å².